The largest absolute Gasteiger partial charge is 0.673 e. The summed E-state index contributed by atoms with van der Waals surface area (Å²) >= 11 is 9.53. The van der Waals surface area contributed by atoms with Gasteiger partial charge in [-0.25, -0.2) is 17.6 Å². The molecule has 0 unspecified atom stereocenters. The minimum absolute atomic E-state index is 0.000306. The Morgan fingerprint density at radius 2 is 1.23 bits per heavy atom. The molecule has 2 heterocycles. The number of piperidine rings is 1. The maximum absolute atomic E-state index is 13.1. The van der Waals surface area contributed by atoms with Gasteiger partial charge in [0.15, 0.2) is 5.90 Å². The summed E-state index contributed by atoms with van der Waals surface area (Å²) in [6.07, 6.45) is 1.59. The second-order valence-corrected chi connectivity index (χ2v) is 11.3. The fourth-order valence-corrected chi connectivity index (χ4v) is 5.07. The number of nitrogens with one attached hydrogen (secondary N) is 1. The first-order chi connectivity index (χ1) is 19.9. The molecule has 2 saturated carbocycles. The first-order valence-corrected chi connectivity index (χ1v) is 13.8. The summed E-state index contributed by atoms with van der Waals surface area (Å²) in [4.78, 5) is 15.5. The molecule has 5 nitrogen and oxygen atoms in total. The van der Waals surface area contributed by atoms with Gasteiger partial charge in [0, 0.05) is 35.4 Å². The van der Waals surface area contributed by atoms with Gasteiger partial charge in [0.05, 0.1) is 24.9 Å². The molecule has 2 aromatic rings. The van der Waals surface area contributed by atoms with Crippen LogP contribution in [0.2, 0.25) is 0 Å². The third-order valence-corrected chi connectivity index (χ3v) is 6.94. The van der Waals surface area contributed by atoms with E-state index in [4.69, 9.17) is 27.9 Å². The van der Waals surface area contributed by atoms with E-state index in [0.717, 1.165) is 18.6 Å². The monoisotopic (exact) mass is 664 g/mol. The smallest absolute Gasteiger partial charge is 0.484 e. The van der Waals surface area contributed by atoms with E-state index in [9.17, 15) is 39.6 Å². The lowest BCUT2D eigenvalue weighted by molar-refractivity contribution is -0.120. The van der Waals surface area contributed by atoms with Crippen LogP contribution in [0.5, 0.6) is 0 Å². The Labute approximate surface area is 254 Å². The maximum Gasteiger partial charge on any atom is 0.673 e. The van der Waals surface area contributed by atoms with Crippen molar-refractivity contribution in [2.75, 3.05) is 46.9 Å². The number of fused-ring (bicyclic) bond motifs is 2. The zero-order chi connectivity index (χ0) is 32.8. The first-order valence-electron chi connectivity index (χ1n) is 12.7. The Balaban J connectivity index is 0.000000221. The number of ether oxygens (including phenoxy) is 1. The van der Waals surface area contributed by atoms with Crippen LogP contribution >= 0.6 is 23.2 Å². The van der Waals surface area contributed by atoms with Crippen molar-refractivity contribution in [1.82, 2.24) is 5.32 Å². The zero-order valence-electron chi connectivity index (χ0n) is 23.7. The molecule has 1 saturated heterocycles. The van der Waals surface area contributed by atoms with Crippen LogP contribution in [0.4, 0.5) is 34.8 Å². The number of hydrogen-bond acceptors (Lipinski definition) is 3. The zero-order valence-corrected chi connectivity index (χ0v) is 25.2. The molecule has 0 aromatic heterocycles. The van der Waals surface area contributed by atoms with Crippen LogP contribution in [0, 0.1) is 35.1 Å². The number of carbonyl (C=O) groups is 1. The number of nitrogens with zero attached hydrogens (tertiary/aromatic N) is 1. The average Bonchev–Trinajstić information content (AvgIpc) is 3.72. The van der Waals surface area contributed by atoms with E-state index < -0.39 is 30.5 Å². The quantitative estimate of drug-likeness (QED) is 0.167. The second kappa shape index (κ2) is 14.9. The minimum Gasteiger partial charge on any atom is -0.484 e. The number of hydrogen-bond donors (Lipinski definition) is 1. The van der Waals surface area contributed by atoms with Crippen molar-refractivity contribution < 1.29 is 48.7 Å². The van der Waals surface area contributed by atoms with Gasteiger partial charge >= 0.3 is 7.25 Å². The topological polar surface area (TPSA) is 53.4 Å². The second-order valence-electron chi connectivity index (χ2n) is 10.5. The molecule has 1 amide bonds. The first kappa shape index (κ1) is 36.6. The van der Waals surface area contributed by atoms with Crippen molar-refractivity contribution >= 4 is 42.3 Å². The highest BCUT2D eigenvalue weighted by molar-refractivity contribution is 6.50. The van der Waals surface area contributed by atoms with E-state index in [-0.39, 0.29) is 33.9 Å². The number of alkyl halides is 2. The lowest BCUT2D eigenvalue weighted by atomic mass is 9.94. The molecule has 2 aliphatic carbocycles. The lowest BCUT2D eigenvalue weighted by Gasteiger charge is -2.11. The Morgan fingerprint density at radius 3 is 1.51 bits per heavy atom. The summed E-state index contributed by atoms with van der Waals surface area (Å²) in [6.45, 7) is 1.07. The van der Waals surface area contributed by atoms with E-state index in [0.29, 0.717) is 36.5 Å². The normalized spacial score (nSPS) is 25.5. The predicted molar refractivity (Wildman–Crippen MR) is 150 cm³/mol. The number of halogens is 10. The van der Waals surface area contributed by atoms with E-state index in [1.807, 2.05) is 21.3 Å². The number of rotatable bonds is 2. The fourth-order valence-electron chi connectivity index (χ4n) is 5.07. The van der Waals surface area contributed by atoms with Gasteiger partial charge in [-0.1, -0.05) is 0 Å². The fraction of sp³-hybridized carbons (Fsp3) is 0.481. The molecule has 240 valence electrons. The van der Waals surface area contributed by atoms with E-state index in [1.165, 1.54) is 24.3 Å². The van der Waals surface area contributed by atoms with E-state index in [2.05, 4.69) is 14.7 Å². The molecule has 0 bridgehead atoms. The van der Waals surface area contributed by atoms with Gasteiger partial charge in [-0.2, -0.15) is 0 Å². The van der Waals surface area contributed by atoms with E-state index in [1.54, 1.807) is 7.11 Å². The molecule has 0 radical (unpaired) electrons. The van der Waals surface area contributed by atoms with Crippen molar-refractivity contribution in [2.45, 2.75) is 23.7 Å². The van der Waals surface area contributed by atoms with Gasteiger partial charge in [0.2, 0.25) is 5.91 Å². The molecule has 16 heteroatoms. The predicted octanol–water partition coefficient (Wildman–Crippen LogP) is 6.78. The lowest BCUT2D eigenvalue weighted by Crippen LogP contribution is -2.22. The van der Waals surface area contributed by atoms with Crippen LogP contribution in [-0.4, -0.2) is 65.9 Å². The highest BCUT2D eigenvalue weighted by atomic mass is 35.5. The number of amides is 1. The molecule has 2 aromatic carbocycles. The molecule has 4 atom stereocenters. The molecule has 3 fully saturated rings. The van der Waals surface area contributed by atoms with Gasteiger partial charge in [0.1, 0.15) is 44.6 Å². The molecule has 2 aliphatic heterocycles. The van der Waals surface area contributed by atoms with Crippen LogP contribution in [0.15, 0.2) is 41.4 Å². The Bertz CT molecular complexity index is 1250. The highest BCUT2D eigenvalue weighted by Gasteiger charge is 2.63. The van der Waals surface area contributed by atoms with Crippen LogP contribution < -0.4 is 5.32 Å². The van der Waals surface area contributed by atoms with Crippen molar-refractivity contribution in [3.8, 4) is 0 Å². The number of benzene rings is 2. The Morgan fingerprint density at radius 1 is 0.860 bits per heavy atom. The summed E-state index contributed by atoms with van der Waals surface area (Å²) in [7, 11) is 1.33. The van der Waals surface area contributed by atoms with E-state index >= 15 is 0 Å². The highest BCUT2D eigenvalue weighted by Crippen LogP contribution is 2.59. The molecular formula is C27H31BCl2F8N2O3. The molecule has 43 heavy (non-hydrogen) atoms. The Hall–Kier alpha value is -2.58. The summed E-state index contributed by atoms with van der Waals surface area (Å²) in [6, 6.07) is 7.19. The van der Waals surface area contributed by atoms with Crippen molar-refractivity contribution in [1.29, 1.82) is 0 Å². The molecule has 1 N–H and O–H groups in total. The molecule has 0 spiro atoms. The minimum atomic E-state index is -6.00. The molecule has 4 aliphatic rings. The standard InChI is InChI=1S/C12H11F2NO.C11H9F2NO.C3H9O.CH2Cl2.BF4/c1-16-11-10-5-12(10,6-15-11)7-2-8(13)4-9(14)3-7;12-7-1-6(2-8(13)3-7)11-4-9(11)10(15)14-5-11;1-4(2)3;2-1-3;2-1(3,4)5/h2-4,10H,5-6H2,1H3;1-3,9H,4-5H2,(H,14,15);1-3H3;1H2;/q;;+1;;-1/t10-,12+;9-,11+;;;/m00.../s1. The van der Waals surface area contributed by atoms with Crippen LogP contribution in [-0.2, 0) is 24.7 Å². The molecular weight excluding hydrogens is 634 g/mol. The summed E-state index contributed by atoms with van der Waals surface area (Å²) < 4.78 is 99.0. The van der Waals surface area contributed by atoms with Crippen molar-refractivity contribution in [2.24, 2.45) is 16.8 Å². The number of carbonyl (C=O) groups excluding carboxylic acids is 1. The SMILES string of the molecule is COC1=NC[C@@]2(c3cc(F)cc(F)c3)C[C@@H]12.C[O+](C)C.ClCCl.F[B-](F)(F)F.O=C1NC[C@@]2(c3cc(F)cc(F)c3)C[C@@H]12. The van der Waals surface area contributed by atoms with Crippen LogP contribution in [0.25, 0.3) is 0 Å². The van der Waals surface area contributed by atoms with Gasteiger partial charge in [0.25, 0.3) is 0 Å². The molecule has 6 rings (SSSR count). The summed E-state index contributed by atoms with van der Waals surface area (Å²) in [5.41, 5.74) is 0.767. The van der Waals surface area contributed by atoms with Crippen molar-refractivity contribution in [3.63, 3.8) is 0 Å². The Kier molecular flexibility index (Phi) is 12.7. The summed E-state index contributed by atoms with van der Waals surface area (Å²) in [5.74, 6) is -1.38. The van der Waals surface area contributed by atoms with Crippen LogP contribution in [0.3, 0.4) is 0 Å². The number of aliphatic imine (C=N–C) groups is 1. The maximum atomic E-state index is 13.1. The van der Waals surface area contributed by atoms with Gasteiger partial charge < -0.3 is 31.7 Å². The van der Waals surface area contributed by atoms with Crippen LogP contribution in [0.1, 0.15) is 24.0 Å². The van der Waals surface area contributed by atoms with Gasteiger partial charge in [-0.05, 0) is 48.2 Å². The average molecular weight is 665 g/mol. The van der Waals surface area contributed by atoms with Gasteiger partial charge in [-0.15, -0.1) is 23.2 Å². The summed E-state index contributed by atoms with van der Waals surface area (Å²) in [5, 5.41) is 2.91. The third-order valence-electron chi connectivity index (χ3n) is 6.94. The van der Waals surface area contributed by atoms with Gasteiger partial charge in [-0.3, -0.25) is 9.79 Å². The number of methoxy groups -OCH3 is 1. The van der Waals surface area contributed by atoms with Crippen molar-refractivity contribution in [3.05, 3.63) is 70.8 Å². The third kappa shape index (κ3) is 10.2.